The standard InChI is InChI=1S/C14H15BrN2O2/c15-11-6-2-1-5-10(11)9-17-13(19)16-12(18)14(17)7-3-4-8-14/h1-2,5-6H,3-4,7-9H2,(H,16,18,19). The van der Waals surface area contributed by atoms with Crippen LogP contribution in [0.4, 0.5) is 4.79 Å². The first-order valence-corrected chi connectivity index (χ1v) is 7.29. The average Bonchev–Trinajstić information content (AvgIpc) is 2.95. The number of urea groups is 1. The summed E-state index contributed by atoms with van der Waals surface area (Å²) in [7, 11) is 0. The molecule has 1 saturated heterocycles. The summed E-state index contributed by atoms with van der Waals surface area (Å²) in [4.78, 5) is 25.9. The number of imide groups is 1. The number of benzene rings is 1. The molecule has 0 radical (unpaired) electrons. The molecule has 0 aromatic heterocycles. The Morgan fingerprint density at radius 3 is 2.58 bits per heavy atom. The maximum Gasteiger partial charge on any atom is 0.325 e. The smallest absolute Gasteiger partial charge is 0.305 e. The van der Waals surface area contributed by atoms with Gasteiger partial charge >= 0.3 is 6.03 Å². The average molecular weight is 323 g/mol. The van der Waals surface area contributed by atoms with Gasteiger partial charge in [0.1, 0.15) is 5.54 Å². The second-order valence-electron chi connectivity index (χ2n) is 5.18. The van der Waals surface area contributed by atoms with Gasteiger partial charge in [0, 0.05) is 11.0 Å². The van der Waals surface area contributed by atoms with Crippen LogP contribution in [0.5, 0.6) is 0 Å². The molecule has 100 valence electrons. The third-order valence-electron chi connectivity index (χ3n) is 4.12. The monoisotopic (exact) mass is 322 g/mol. The number of rotatable bonds is 2. The number of carbonyl (C=O) groups excluding carboxylic acids is 2. The van der Waals surface area contributed by atoms with Crippen LogP contribution in [0.2, 0.25) is 0 Å². The summed E-state index contributed by atoms with van der Waals surface area (Å²) in [5, 5.41) is 2.47. The molecule has 1 aliphatic heterocycles. The minimum absolute atomic E-state index is 0.123. The van der Waals surface area contributed by atoms with Gasteiger partial charge in [0.15, 0.2) is 0 Å². The van der Waals surface area contributed by atoms with E-state index in [4.69, 9.17) is 0 Å². The van der Waals surface area contributed by atoms with Crippen molar-refractivity contribution in [3.05, 3.63) is 34.3 Å². The van der Waals surface area contributed by atoms with E-state index in [0.29, 0.717) is 6.54 Å². The molecule has 19 heavy (non-hydrogen) atoms. The van der Waals surface area contributed by atoms with Crippen LogP contribution in [-0.4, -0.2) is 22.4 Å². The molecule has 1 saturated carbocycles. The summed E-state index contributed by atoms with van der Waals surface area (Å²) in [6.07, 6.45) is 3.56. The second-order valence-corrected chi connectivity index (χ2v) is 6.03. The van der Waals surface area contributed by atoms with Gasteiger partial charge in [-0.15, -0.1) is 0 Å². The number of halogens is 1. The molecule has 1 aromatic carbocycles. The van der Waals surface area contributed by atoms with Crippen LogP contribution in [0.25, 0.3) is 0 Å². The number of amides is 3. The molecule has 1 N–H and O–H groups in total. The molecule has 5 heteroatoms. The Hall–Kier alpha value is -1.36. The summed E-state index contributed by atoms with van der Waals surface area (Å²) < 4.78 is 0.968. The molecule has 3 amide bonds. The van der Waals surface area contributed by atoms with E-state index in [1.165, 1.54) is 0 Å². The molecule has 2 aliphatic rings. The van der Waals surface area contributed by atoms with E-state index in [9.17, 15) is 9.59 Å². The number of hydrogen-bond donors (Lipinski definition) is 1. The van der Waals surface area contributed by atoms with E-state index in [1.54, 1.807) is 4.90 Å². The van der Waals surface area contributed by atoms with Gasteiger partial charge in [0.05, 0.1) is 0 Å². The first kappa shape index (κ1) is 12.7. The van der Waals surface area contributed by atoms with Crippen molar-refractivity contribution >= 4 is 27.9 Å². The SMILES string of the molecule is O=C1NC(=O)C2(CCCC2)N1Cc1ccccc1Br. The highest BCUT2D eigenvalue weighted by Crippen LogP contribution is 2.39. The highest BCUT2D eigenvalue weighted by molar-refractivity contribution is 9.10. The molecule has 0 unspecified atom stereocenters. The minimum atomic E-state index is -0.605. The van der Waals surface area contributed by atoms with Crippen molar-refractivity contribution in [2.75, 3.05) is 0 Å². The third-order valence-corrected chi connectivity index (χ3v) is 4.90. The van der Waals surface area contributed by atoms with Crippen LogP contribution < -0.4 is 5.32 Å². The molecular weight excluding hydrogens is 308 g/mol. The van der Waals surface area contributed by atoms with E-state index in [-0.39, 0.29) is 11.9 Å². The lowest BCUT2D eigenvalue weighted by Gasteiger charge is -2.31. The fourth-order valence-corrected chi connectivity index (χ4v) is 3.49. The molecule has 0 atom stereocenters. The number of nitrogens with one attached hydrogen (secondary N) is 1. The Labute approximate surface area is 120 Å². The zero-order valence-corrected chi connectivity index (χ0v) is 12.1. The first-order chi connectivity index (χ1) is 9.13. The zero-order chi connectivity index (χ0) is 13.5. The zero-order valence-electron chi connectivity index (χ0n) is 10.5. The van der Waals surface area contributed by atoms with Crippen molar-refractivity contribution in [3.63, 3.8) is 0 Å². The molecule has 3 rings (SSSR count). The van der Waals surface area contributed by atoms with Gasteiger partial charge in [-0.05, 0) is 24.5 Å². The lowest BCUT2D eigenvalue weighted by Crippen LogP contribution is -2.46. The van der Waals surface area contributed by atoms with Gasteiger partial charge in [0.25, 0.3) is 5.91 Å². The fourth-order valence-electron chi connectivity index (χ4n) is 3.07. The van der Waals surface area contributed by atoms with Gasteiger partial charge in [-0.2, -0.15) is 0 Å². The summed E-state index contributed by atoms with van der Waals surface area (Å²) >= 11 is 3.49. The molecule has 1 aromatic rings. The number of carbonyl (C=O) groups is 2. The topological polar surface area (TPSA) is 49.4 Å². The van der Waals surface area contributed by atoms with E-state index in [0.717, 1.165) is 35.7 Å². The van der Waals surface area contributed by atoms with E-state index in [2.05, 4.69) is 21.2 Å². The van der Waals surface area contributed by atoms with E-state index < -0.39 is 5.54 Å². The Balaban J connectivity index is 1.92. The van der Waals surface area contributed by atoms with Crippen LogP contribution >= 0.6 is 15.9 Å². The summed E-state index contributed by atoms with van der Waals surface area (Å²) in [5.41, 5.74) is 0.422. The van der Waals surface area contributed by atoms with Crippen LogP contribution in [0.3, 0.4) is 0 Å². The quantitative estimate of drug-likeness (QED) is 0.851. The van der Waals surface area contributed by atoms with E-state index >= 15 is 0 Å². The molecule has 1 spiro atoms. The fraction of sp³-hybridized carbons (Fsp3) is 0.429. The van der Waals surface area contributed by atoms with Crippen LogP contribution in [-0.2, 0) is 11.3 Å². The van der Waals surface area contributed by atoms with Crippen LogP contribution in [0.1, 0.15) is 31.2 Å². The Morgan fingerprint density at radius 2 is 1.89 bits per heavy atom. The van der Waals surface area contributed by atoms with Crippen molar-refractivity contribution in [2.24, 2.45) is 0 Å². The maximum absolute atomic E-state index is 12.1. The lowest BCUT2D eigenvalue weighted by atomic mass is 9.95. The van der Waals surface area contributed by atoms with Gasteiger partial charge in [0.2, 0.25) is 0 Å². The van der Waals surface area contributed by atoms with Crippen molar-refractivity contribution in [1.82, 2.24) is 10.2 Å². The Kier molecular flexibility index (Phi) is 3.09. The van der Waals surface area contributed by atoms with Crippen LogP contribution in [0, 0.1) is 0 Å². The number of hydrogen-bond acceptors (Lipinski definition) is 2. The molecule has 1 heterocycles. The first-order valence-electron chi connectivity index (χ1n) is 6.50. The minimum Gasteiger partial charge on any atom is -0.305 e. The molecule has 1 aliphatic carbocycles. The highest BCUT2D eigenvalue weighted by atomic mass is 79.9. The van der Waals surface area contributed by atoms with Gasteiger partial charge in [-0.3, -0.25) is 10.1 Å². The normalized spacial score (nSPS) is 21.2. The Bertz CT molecular complexity index is 538. The second kappa shape index (κ2) is 4.63. The van der Waals surface area contributed by atoms with Gasteiger partial charge in [-0.1, -0.05) is 47.0 Å². The highest BCUT2D eigenvalue weighted by Gasteiger charge is 2.53. The molecule has 0 bridgehead atoms. The predicted octanol–water partition coefficient (Wildman–Crippen LogP) is 2.81. The summed E-state index contributed by atoms with van der Waals surface area (Å²) in [6, 6.07) is 7.54. The van der Waals surface area contributed by atoms with E-state index in [1.807, 2.05) is 24.3 Å². The van der Waals surface area contributed by atoms with Crippen LogP contribution in [0.15, 0.2) is 28.7 Å². The maximum atomic E-state index is 12.1. The molecule has 2 fully saturated rings. The molecular formula is C14H15BrN2O2. The summed E-state index contributed by atoms with van der Waals surface area (Å²) in [6.45, 7) is 0.471. The van der Waals surface area contributed by atoms with Crippen molar-refractivity contribution < 1.29 is 9.59 Å². The predicted molar refractivity (Wildman–Crippen MR) is 74.4 cm³/mol. The largest absolute Gasteiger partial charge is 0.325 e. The third kappa shape index (κ3) is 1.96. The molecule has 4 nitrogen and oxygen atoms in total. The number of nitrogens with zero attached hydrogens (tertiary/aromatic N) is 1. The van der Waals surface area contributed by atoms with Gasteiger partial charge in [-0.25, -0.2) is 4.79 Å². The van der Waals surface area contributed by atoms with Crippen molar-refractivity contribution in [1.29, 1.82) is 0 Å². The van der Waals surface area contributed by atoms with Gasteiger partial charge < -0.3 is 4.90 Å². The van der Waals surface area contributed by atoms with Crippen molar-refractivity contribution in [3.8, 4) is 0 Å². The summed E-state index contributed by atoms with van der Waals surface area (Å²) in [5.74, 6) is -0.123. The van der Waals surface area contributed by atoms with Crippen molar-refractivity contribution in [2.45, 2.75) is 37.8 Å². The Morgan fingerprint density at radius 1 is 1.21 bits per heavy atom. The lowest BCUT2D eigenvalue weighted by molar-refractivity contribution is -0.126.